The van der Waals surface area contributed by atoms with Crippen molar-refractivity contribution >= 4 is 18.1 Å². The summed E-state index contributed by atoms with van der Waals surface area (Å²) in [7, 11) is 0. The third kappa shape index (κ3) is 6.88. The normalized spacial score (nSPS) is 9.50. The van der Waals surface area contributed by atoms with Crippen LogP contribution in [0.3, 0.4) is 0 Å². The molecule has 0 fully saturated rings. The molecule has 0 aromatic heterocycles. The second-order valence-electron chi connectivity index (χ2n) is 2.93. The van der Waals surface area contributed by atoms with Gasteiger partial charge in [0.15, 0.2) is 11.6 Å². The lowest BCUT2D eigenvalue weighted by Gasteiger charge is -1.95. The minimum Gasteiger partial charge on any atom is -0.481 e. The Morgan fingerprint density at radius 2 is 1.94 bits per heavy atom. The van der Waals surface area contributed by atoms with Gasteiger partial charge in [-0.15, -0.1) is 5.10 Å². The molecule has 0 aliphatic carbocycles. The van der Waals surface area contributed by atoms with Gasteiger partial charge in [-0.05, 0) is 6.07 Å². The average Bonchev–Trinajstić information content (AvgIpc) is 2.23. The number of carbonyl (C=O) groups is 1. The maximum atomic E-state index is 12.9. The van der Waals surface area contributed by atoms with Crippen LogP contribution < -0.4 is 11.5 Å². The topological polar surface area (TPSA) is 114 Å². The summed E-state index contributed by atoms with van der Waals surface area (Å²) < 4.78 is 25.6. The van der Waals surface area contributed by atoms with Gasteiger partial charge in [-0.1, -0.05) is 12.1 Å². The van der Waals surface area contributed by atoms with E-state index in [1.807, 2.05) is 0 Å². The lowest BCUT2D eigenvalue weighted by molar-refractivity contribution is -0.134. The molecule has 98 valence electrons. The van der Waals surface area contributed by atoms with Crippen LogP contribution in [0.15, 0.2) is 28.4 Å². The molecule has 0 unspecified atom stereocenters. The largest absolute Gasteiger partial charge is 0.481 e. The van der Waals surface area contributed by atoms with Crippen molar-refractivity contribution < 1.29 is 18.7 Å². The average molecular weight is 258 g/mol. The van der Waals surface area contributed by atoms with E-state index in [0.29, 0.717) is 0 Å². The van der Waals surface area contributed by atoms with Gasteiger partial charge in [-0.25, -0.2) is 8.78 Å². The molecule has 0 aliphatic heterocycles. The van der Waals surface area contributed by atoms with Crippen molar-refractivity contribution in [3.8, 4) is 0 Å². The third-order valence-corrected chi connectivity index (χ3v) is 1.35. The van der Waals surface area contributed by atoms with Gasteiger partial charge < -0.3 is 16.6 Å². The van der Waals surface area contributed by atoms with Crippen molar-refractivity contribution in [2.75, 3.05) is 0 Å². The molecule has 0 bridgehead atoms. The molecule has 0 saturated heterocycles. The zero-order valence-corrected chi connectivity index (χ0v) is 9.47. The number of halogens is 2. The van der Waals surface area contributed by atoms with E-state index in [-0.39, 0.29) is 11.5 Å². The summed E-state index contributed by atoms with van der Waals surface area (Å²) in [4.78, 5) is 9.00. The van der Waals surface area contributed by atoms with E-state index < -0.39 is 17.6 Å². The Labute approximate surface area is 102 Å². The van der Waals surface area contributed by atoms with Crippen LogP contribution in [-0.4, -0.2) is 23.2 Å². The molecule has 0 saturated carbocycles. The second-order valence-corrected chi connectivity index (χ2v) is 2.93. The molecule has 0 amide bonds. The second kappa shape index (κ2) is 7.71. The van der Waals surface area contributed by atoms with Crippen LogP contribution in [0.5, 0.6) is 0 Å². The Morgan fingerprint density at radius 1 is 1.39 bits per heavy atom. The minimum absolute atomic E-state index is 0.0185. The summed E-state index contributed by atoms with van der Waals surface area (Å²) in [5.74, 6) is -3.02. The molecular weight excluding hydrogens is 246 g/mol. The van der Waals surface area contributed by atoms with Gasteiger partial charge >= 0.3 is 0 Å². The molecule has 1 aromatic carbocycles. The molecule has 8 heteroatoms. The van der Waals surface area contributed by atoms with E-state index in [9.17, 15) is 8.78 Å². The SMILES string of the molecule is CC(=O)O.NC(N)=NN=Cc1cccc(F)c1F. The van der Waals surface area contributed by atoms with Gasteiger partial charge in [0.25, 0.3) is 5.97 Å². The van der Waals surface area contributed by atoms with Crippen molar-refractivity contribution in [3.05, 3.63) is 35.4 Å². The van der Waals surface area contributed by atoms with Crippen molar-refractivity contribution in [3.63, 3.8) is 0 Å². The van der Waals surface area contributed by atoms with Crippen LogP contribution in [0, 0.1) is 11.6 Å². The molecule has 1 rings (SSSR count). The molecule has 0 radical (unpaired) electrons. The number of carboxylic acid groups (broad SMARTS) is 1. The molecule has 6 nitrogen and oxygen atoms in total. The Morgan fingerprint density at radius 3 is 2.44 bits per heavy atom. The molecule has 5 N–H and O–H groups in total. The highest BCUT2D eigenvalue weighted by molar-refractivity contribution is 5.81. The van der Waals surface area contributed by atoms with Gasteiger partial charge in [0.05, 0.1) is 6.21 Å². The van der Waals surface area contributed by atoms with E-state index in [0.717, 1.165) is 19.2 Å². The molecule has 0 spiro atoms. The van der Waals surface area contributed by atoms with Gasteiger partial charge in [0.1, 0.15) is 0 Å². The Balaban J connectivity index is 0.000000631. The fourth-order valence-electron chi connectivity index (χ4n) is 0.778. The third-order valence-electron chi connectivity index (χ3n) is 1.35. The van der Waals surface area contributed by atoms with Crippen molar-refractivity contribution in [2.24, 2.45) is 21.7 Å². The molecule has 18 heavy (non-hydrogen) atoms. The van der Waals surface area contributed by atoms with Gasteiger partial charge in [-0.2, -0.15) is 5.10 Å². The number of nitrogens with two attached hydrogens (primary N) is 2. The van der Waals surface area contributed by atoms with Crippen LogP contribution >= 0.6 is 0 Å². The van der Waals surface area contributed by atoms with E-state index in [2.05, 4.69) is 10.2 Å². The highest BCUT2D eigenvalue weighted by atomic mass is 19.2. The van der Waals surface area contributed by atoms with Crippen molar-refractivity contribution in [2.45, 2.75) is 6.92 Å². The van der Waals surface area contributed by atoms with E-state index in [1.54, 1.807) is 0 Å². The predicted molar refractivity (Wildman–Crippen MR) is 63.1 cm³/mol. The fourth-order valence-corrected chi connectivity index (χ4v) is 0.778. The first kappa shape index (κ1) is 15.5. The van der Waals surface area contributed by atoms with Gasteiger partial charge in [0, 0.05) is 12.5 Å². The molecule has 0 aliphatic rings. The smallest absolute Gasteiger partial charge is 0.300 e. The quantitative estimate of drug-likeness (QED) is 0.410. The van der Waals surface area contributed by atoms with E-state index in [4.69, 9.17) is 21.4 Å². The minimum atomic E-state index is -0.984. The number of benzene rings is 1. The summed E-state index contributed by atoms with van der Waals surface area (Å²) in [5.41, 5.74) is 9.92. The molecule has 0 heterocycles. The lowest BCUT2D eigenvalue weighted by atomic mass is 10.2. The number of hydrogen-bond donors (Lipinski definition) is 3. The maximum Gasteiger partial charge on any atom is 0.300 e. The van der Waals surface area contributed by atoms with E-state index in [1.165, 1.54) is 12.1 Å². The van der Waals surface area contributed by atoms with Crippen LogP contribution in [0.1, 0.15) is 12.5 Å². The van der Waals surface area contributed by atoms with Crippen molar-refractivity contribution in [1.82, 2.24) is 0 Å². The maximum absolute atomic E-state index is 12.9. The summed E-state index contributed by atoms with van der Waals surface area (Å²) in [6, 6.07) is 3.71. The summed E-state index contributed by atoms with van der Waals surface area (Å²) in [6.45, 7) is 1.08. The van der Waals surface area contributed by atoms with E-state index >= 15 is 0 Å². The predicted octanol–water partition coefficient (Wildman–Crippen LogP) is 0.663. The molecule has 0 atom stereocenters. The highest BCUT2D eigenvalue weighted by Gasteiger charge is 2.04. The molecule has 1 aromatic rings. The van der Waals surface area contributed by atoms with Gasteiger partial charge in [0.2, 0.25) is 5.96 Å². The number of carboxylic acids is 1. The zero-order valence-electron chi connectivity index (χ0n) is 9.47. The number of hydrogen-bond acceptors (Lipinski definition) is 3. The standard InChI is InChI=1S/C8H8F2N4.C2H4O2/c9-6-3-1-2-5(7(6)10)4-13-14-8(11)12;1-2(3)4/h1-4H,(H4,11,12,14);1H3,(H,3,4). The monoisotopic (exact) mass is 258 g/mol. The summed E-state index contributed by atoms with van der Waals surface area (Å²) in [6.07, 6.45) is 1.03. The molecular formula is C10H12F2N4O2. The first-order chi connectivity index (χ1) is 8.34. The first-order valence-corrected chi connectivity index (χ1v) is 4.60. The van der Waals surface area contributed by atoms with Crippen LogP contribution in [-0.2, 0) is 4.79 Å². The number of rotatable bonds is 2. The first-order valence-electron chi connectivity index (χ1n) is 4.60. The Hall–Kier alpha value is -2.51. The van der Waals surface area contributed by atoms with Gasteiger partial charge in [-0.3, -0.25) is 4.79 Å². The Kier molecular flexibility index (Phi) is 6.64. The van der Waals surface area contributed by atoms with Crippen LogP contribution in [0.4, 0.5) is 8.78 Å². The van der Waals surface area contributed by atoms with Crippen LogP contribution in [0.2, 0.25) is 0 Å². The number of guanidine groups is 1. The zero-order chi connectivity index (χ0) is 14.1. The summed E-state index contributed by atoms with van der Waals surface area (Å²) in [5, 5.41) is 14.0. The Bertz CT molecular complexity index is 467. The summed E-state index contributed by atoms with van der Waals surface area (Å²) >= 11 is 0. The lowest BCUT2D eigenvalue weighted by Crippen LogP contribution is -2.21. The highest BCUT2D eigenvalue weighted by Crippen LogP contribution is 2.08. The fraction of sp³-hybridized carbons (Fsp3) is 0.100. The number of aliphatic carboxylic acids is 1. The van der Waals surface area contributed by atoms with Crippen LogP contribution in [0.25, 0.3) is 0 Å². The van der Waals surface area contributed by atoms with Crippen molar-refractivity contribution in [1.29, 1.82) is 0 Å². The number of nitrogens with zero attached hydrogens (tertiary/aromatic N) is 2.